The molecule has 1 aliphatic rings. The van der Waals surface area contributed by atoms with Crippen molar-refractivity contribution in [3.63, 3.8) is 0 Å². The first-order valence-corrected chi connectivity index (χ1v) is 9.67. The van der Waals surface area contributed by atoms with Crippen molar-refractivity contribution in [2.75, 3.05) is 30.4 Å². The van der Waals surface area contributed by atoms with Gasteiger partial charge in [0.25, 0.3) is 5.88 Å². The van der Waals surface area contributed by atoms with Crippen LogP contribution in [0, 0.1) is 0 Å². The van der Waals surface area contributed by atoms with Crippen LogP contribution in [0.3, 0.4) is 0 Å². The van der Waals surface area contributed by atoms with Gasteiger partial charge in [0.1, 0.15) is 11.9 Å². The first-order chi connectivity index (χ1) is 14.0. The predicted octanol–water partition coefficient (Wildman–Crippen LogP) is 1.72. The lowest BCUT2D eigenvalue weighted by Gasteiger charge is -2.16. The van der Waals surface area contributed by atoms with Gasteiger partial charge in [0.2, 0.25) is 5.95 Å². The Morgan fingerprint density at radius 2 is 2.24 bits per heavy atom. The summed E-state index contributed by atoms with van der Waals surface area (Å²) in [6.45, 7) is 5.58. The molecule has 2 N–H and O–H groups in total. The molecule has 0 spiro atoms. The molecule has 29 heavy (non-hydrogen) atoms. The van der Waals surface area contributed by atoms with E-state index in [2.05, 4.69) is 25.4 Å². The van der Waals surface area contributed by atoms with Crippen LogP contribution in [0.25, 0.3) is 11.2 Å². The SMILES string of the molecule is CCn1cnc2c(Nc3cn(CC(C)O)nc3OC)nc(N3CCC(F)C3)nc21. The van der Waals surface area contributed by atoms with Crippen molar-refractivity contribution in [3.05, 3.63) is 12.5 Å². The average molecular weight is 404 g/mol. The number of fused-ring (bicyclic) bond motifs is 1. The fourth-order valence-corrected chi connectivity index (χ4v) is 3.42. The number of ether oxygens (including phenoxy) is 1. The van der Waals surface area contributed by atoms with Gasteiger partial charge in [-0.1, -0.05) is 0 Å². The van der Waals surface area contributed by atoms with Crippen LogP contribution in [0.5, 0.6) is 5.88 Å². The molecule has 0 saturated carbocycles. The highest BCUT2D eigenvalue weighted by atomic mass is 19.1. The van der Waals surface area contributed by atoms with E-state index in [0.29, 0.717) is 60.6 Å². The molecule has 1 saturated heterocycles. The molecule has 1 fully saturated rings. The summed E-state index contributed by atoms with van der Waals surface area (Å²) in [5.41, 5.74) is 1.88. The van der Waals surface area contributed by atoms with Crippen molar-refractivity contribution in [3.8, 4) is 5.88 Å². The fourth-order valence-electron chi connectivity index (χ4n) is 3.42. The van der Waals surface area contributed by atoms with E-state index in [9.17, 15) is 9.50 Å². The minimum absolute atomic E-state index is 0.279. The number of nitrogens with zero attached hydrogens (tertiary/aromatic N) is 7. The van der Waals surface area contributed by atoms with Gasteiger partial charge in [-0.05, 0) is 20.3 Å². The fraction of sp³-hybridized carbons (Fsp3) is 0.556. The molecule has 10 nitrogen and oxygen atoms in total. The second-order valence-electron chi connectivity index (χ2n) is 7.16. The third-order valence-corrected chi connectivity index (χ3v) is 4.83. The number of halogens is 1. The molecule has 3 aromatic rings. The predicted molar refractivity (Wildman–Crippen MR) is 106 cm³/mol. The molecule has 0 aliphatic carbocycles. The van der Waals surface area contributed by atoms with Gasteiger partial charge in [0, 0.05) is 13.1 Å². The molecule has 1 aliphatic heterocycles. The molecule has 2 unspecified atom stereocenters. The Labute approximate surface area is 167 Å². The van der Waals surface area contributed by atoms with Gasteiger partial charge >= 0.3 is 0 Å². The van der Waals surface area contributed by atoms with E-state index in [1.807, 2.05) is 16.4 Å². The second-order valence-corrected chi connectivity index (χ2v) is 7.16. The van der Waals surface area contributed by atoms with Crippen LogP contribution in [0.4, 0.5) is 21.8 Å². The number of aromatic nitrogens is 6. The van der Waals surface area contributed by atoms with E-state index in [4.69, 9.17) is 4.74 Å². The highest BCUT2D eigenvalue weighted by Gasteiger charge is 2.26. The van der Waals surface area contributed by atoms with E-state index in [-0.39, 0.29) is 6.54 Å². The summed E-state index contributed by atoms with van der Waals surface area (Å²) in [7, 11) is 1.53. The van der Waals surface area contributed by atoms with Crippen molar-refractivity contribution in [1.82, 2.24) is 29.3 Å². The van der Waals surface area contributed by atoms with Gasteiger partial charge < -0.3 is 24.6 Å². The van der Waals surface area contributed by atoms with Gasteiger partial charge in [-0.15, -0.1) is 5.10 Å². The highest BCUT2D eigenvalue weighted by molar-refractivity contribution is 5.87. The van der Waals surface area contributed by atoms with Crippen molar-refractivity contribution in [2.45, 2.75) is 45.6 Å². The standard InChI is InChI=1S/C18H25FN8O2/c1-4-25-10-20-14-15(21-13-9-27(7-11(2)28)24-17(13)29-3)22-18(23-16(14)25)26-6-5-12(19)8-26/h9-12,28H,4-8H2,1-3H3,(H,21,22,23). The summed E-state index contributed by atoms with van der Waals surface area (Å²) in [6, 6.07) is 0. The molecule has 0 aromatic carbocycles. The molecular formula is C18H25FN8O2. The number of hydrogen-bond donors (Lipinski definition) is 2. The molecule has 11 heteroatoms. The van der Waals surface area contributed by atoms with Crippen molar-refractivity contribution in [2.24, 2.45) is 0 Å². The number of aryl methyl sites for hydroxylation is 1. The lowest BCUT2D eigenvalue weighted by molar-refractivity contribution is 0.167. The lowest BCUT2D eigenvalue weighted by Crippen LogP contribution is -2.23. The van der Waals surface area contributed by atoms with Gasteiger partial charge in [-0.2, -0.15) is 9.97 Å². The first kappa shape index (κ1) is 19.4. The Kier molecular flexibility index (Phi) is 5.22. The molecule has 0 radical (unpaired) electrons. The van der Waals surface area contributed by atoms with Crippen molar-refractivity contribution in [1.29, 1.82) is 0 Å². The molecule has 0 bridgehead atoms. The molecule has 156 valence electrons. The summed E-state index contributed by atoms with van der Waals surface area (Å²) in [6.07, 6.45) is 2.50. The summed E-state index contributed by atoms with van der Waals surface area (Å²) < 4.78 is 22.6. The van der Waals surface area contributed by atoms with Crippen LogP contribution in [0.15, 0.2) is 12.5 Å². The zero-order valence-electron chi connectivity index (χ0n) is 16.7. The van der Waals surface area contributed by atoms with E-state index < -0.39 is 12.3 Å². The monoisotopic (exact) mass is 404 g/mol. The lowest BCUT2D eigenvalue weighted by atomic mass is 10.3. The number of hydrogen-bond acceptors (Lipinski definition) is 8. The number of rotatable bonds is 7. The van der Waals surface area contributed by atoms with Crippen molar-refractivity contribution < 1.29 is 14.2 Å². The zero-order chi connectivity index (χ0) is 20.5. The molecule has 4 heterocycles. The summed E-state index contributed by atoms with van der Waals surface area (Å²) in [5, 5.41) is 17.2. The number of alkyl halides is 1. The van der Waals surface area contributed by atoms with Gasteiger partial charge in [0.05, 0.1) is 38.8 Å². The minimum Gasteiger partial charge on any atom is -0.478 e. The van der Waals surface area contributed by atoms with Gasteiger partial charge in [0.15, 0.2) is 17.0 Å². The summed E-state index contributed by atoms with van der Waals surface area (Å²) in [5.74, 6) is 1.33. The topological polar surface area (TPSA) is 106 Å². The quantitative estimate of drug-likeness (QED) is 0.613. The maximum absolute atomic E-state index is 13.7. The maximum Gasteiger partial charge on any atom is 0.256 e. The van der Waals surface area contributed by atoms with Gasteiger partial charge in [-0.3, -0.25) is 4.68 Å². The Morgan fingerprint density at radius 1 is 1.41 bits per heavy atom. The van der Waals surface area contributed by atoms with E-state index >= 15 is 0 Å². The van der Waals surface area contributed by atoms with Crippen molar-refractivity contribution >= 4 is 28.6 Å². The second kappa shape index (κ2) is 7.82. The number of nitrogens with one attached hydrogen (secondary N) is 1. The Hall–Kier alpha value is -2.95. The number of anilines is 3. The third kappa shape index (κ3) is 3.82. The Bertz CT molecular complexity index is 1000. The third-order valence-electron chi connectivity index (χ3n) is 4.83. The zero-order valence-corrected chi connectivity index (χ0v) is 16.7. The molecule has 2 atom stereocenters. The average Bonchev–Trinajstić information content (AvgIpc) is 3.39. The summed E-state index contributed by atoms with van der Waals surface area (Å²) in [4.78, 5) is 15.6. The van der Waals surface area contributed by atoms with Gasteiger partial charge in [-0.25, -0.2) is 9.37 Å². The van der Waals surface area contributed by atoms with Crippen LogP contribution in [0.2, 0.25) is 0 Å². The molecular weight excluding hydrogens is 379 g/mol. The molecule has 3 aromatic heterocycles. The molecule has 4 rings (SSSR count). The number of imidazole rings is 1. The van der Waals surface area contributed by atoms with Crippen LogP contribution in [0.1, 0.15) is 20.3 Å². The highest BCUT2D eigenvalue weighted by Crippen LogP contribution is 2.31. The minimum atomic E-state index is -0.874. The largest absolute Gasteiger partial charge is 0.478 e. The normalized spacial score (nSPS) is 17.8. The first-order valence-electron chi connectivity index (χ1n) is 9.67. The summed E-state index contributed by atoms with van der Waals surface area (Å²) >= 11 is 0. The Morgan fingerprint density at radius 3 is 2.90 bits per heavy atom. The Balaban J connectivity index is 1.75. The van der Waals surface area contributed by atoms with E-state index in [0.717, 1.165) is 0 Å². The van der Waals surface area contributed by atoms with Crippen LogP contribution in [-0.4, -0.2) is 66.9 Å². The van der Waals surface area contributed by atoms with E-state index in [1.54, 1.807) is 24.1 Å². The van der Waals surface area contributed by atoms with Crippen LogP contribution in [-0.2, 0) is 13.1 Å². The van der Waals surface area contributed by atoms with Crippen LogP contribution < -0.4 is 15.0 Å². The van der Waals surface area contributed by atoms with E-state index in [1.165, 1.54) is 7.11 Å². The smallest absolute Gasteiger partial charge is 0.256 e. The number of aliphatic hydroxyl groups excluding tert-OH is 1. The molecule has 0 amide bonds. The number of methoxy groups -OCH3 is 1. The maximum atomic E-state index is 13.7. The van der Waals surface area contributed by atoms with Crippen LogP contribution >= 0.6 is 0 Å². The number of aliphatic hydroxyl groups is 1.